The van der Waals surface area contributed by atoms with Crippen LogP contribution in [-0.2, 0) is 6.54 Å². The first-order valence-corrected chi connectivity index (χ1v) is 14.0. The number of likely N-dealkylation sites (N-methyl/N-ethyl adjacent to an activating group) is 1. The highest BCUT2D eigenvalue weighted by Gasteiger charge is 2.33. The Hall–Kier alpha value is -4.45. The van der Waals surface area contributed by atoms with E-state index in [4.69, 9.17) is 4.74 Å². The van der Waals surface area contributed by atoms with Crippen LogP contribution in [0.2, 0.25) is 0 Å². The molecular weight excluding hydrogens is 545 g/mol. The number of anilines is 1. The molecule has 12 heteroatoms. The summed E-state index contributed by atoms with van der Waals surface area (Å²) in [6, 6.07) is 8.43. The molecule has 0 radical (unpaired) electrons. The van der Waals surface area contributed by atoms with Crippen molar-refractivity contribution in [1.82, 2.24) is 14.0 Å². The fourth-order valence-corrected chi connectivity index (χ4v) is 6.27. The van der Waals surface area contributed by atoms with Crippen LogP contribution in [0.1, 0.15) is 42.1 Å². The number of hydrogen-bond donors (Lipinski definition) is 2. The van der Waals surface area contributed by atoms with E-state index >= 15 is 4.39 Å². The van der Waals surface area contributed by atoms with Crippen molar-refractivity contribution < 1.29 is 24.1 Å². The number of para-hydroxylation sites is 1. The van der Waals surface area contributed by atoms with Gasteiger partial charge in [0.05, 0.1) is 23.5 Å². The first-order chi connectivity index (χ1) is 20.2. The Morgan fingerprint density at radius 1 is 1.21 bits per heavy atom. The Kier molecular flexibility index (Phi) is 7.09. The van der Waals surface area contributed by atoms with Crippen LogP contribution in [0.25, 0.3) is 21.8 Å². The second kappa shape index (κ2) is 10.8. The number of carboxylic acids is 1. The average Bonchev–Trinajstić information content (AvgIpc) is 3.79. The Morgan fingerprint density at radius 2 is 1.98 bits per heavy atom. The van der Waals surface area contributed by atoms with Gasteiger partial charge in [-0.25, -0.2) is 9.18 Å². The summed E-state index contributed by atoms with van der Waals surface area (Å²) >= 11 is 0. The number of benzene rings is 2. The lowest BCUT2D eigenvalue weighted by molar-refractivity contribution is 0.0694. The van der Waals surface area contributed by atoms with E-state index in [-0.39, 0.29) is 46.0 Å². The molecule has 0 bridgehead atoms. The molecule has 220 valence electrons. The third-order valence-electron chi connectivity index (χ3n) is 8.59. The molecule has 2 fully saturated rings. The zero-order valence-electron chi connectivity index (χ0n) is 23.4. The second-order valence-corrected chi connectivity index (χ2v) is 11.1. The quantitative estimate of drug-likeness (QED) is 0.270. The Balaban J connectivity index is 1.30. The Bertz CT molecular complexity index is 1780. The topological polar surface area (TPSA) is 130 Å². The Morgan fingerprint density at radius 3 is 2.67 bits per heavy atom. The van der Waals surface area contributed by atoms with Gasteiger partial charge in [0.1, 0.15) is 11.3 Å². The third-order valence-corrected chi connectivity index (χ3v) is 8.59. The number of nitrogens with zero attached hydrogens (tertiary/aromatic N) is 5. The summed E-state index contributed by atoms with van der Waals surface area (Å²) < 4.78 is 25.0. The number of aromatic carboxylic acids is 1. The molecule has 3 heterocycles. The zero-order valence-corrected chi connectivity index (χ0v) is 23.4. The van der Waals surface area contributed by atoms with Crippen molar-refractivity contribution in [3.05, 3.63) is 63.0 Å². The van der Waals surface area contributed by atoms with E-state index in [1.165, 1.54) is 13.3 Å². The lowest BCUT2D eigenvalue weighted by Gasteiger charge is -2.39. The van der Waals surface area contributed by atoms with Gasteiger partial charge in [0.2, 0.25) is 11.3 Å². The number of aromatic hydroxyl groups is 1. The smallest absolute Gasteiger partial charge is 0.341 e. The first-order valence-electron chi connectivity index (χ1n) is 14.0. The number of methoxy groups -OCH3 is 1. The summed E-state index contributed by atoms with van der Waals surface area (Å²) in [6.07, 6.45) is 4.69. The number of pyridine rings is 1. The highest BCUT2D eigenvalue weighted by atomic mass is 19.1. The molecule has 1 saturated carbocycles. The third kappa shape index (κ3) is 4.55. The molecule has 2 aromatic heterocycles. The van der Waals surface area contributed by atoms with Gasteiger partial charge in [-0.15, -0.1) is 4.91 Å². The van der Waals surface area contributed by atoms with Crippen LogP contribution in [0.5, 0.6) is 11.6 Å². The Labute approximate surface area is 240 Å². The normalized spacial score (nSPS) is 17.3. The minimum atomic E-state index is -1.35. The number of halogens is 1. The van der Waals surface area contributed by atoms with Gasteiger partial charge in [-0.2, -0.15) is 0 Å². The van der Waals surface area contributed by atoms with Crippen molar-refractivity contribution in [1.29, 1.82) is 0 Å². The van der Waals surface area contributed by atoms with Crippen molar-refractivity contribution >= 4 is 39.1 Å². The molecule has 1 saturated heterocycles. The number of hydrogen-bond acceptors (Lipinski definition) is 8. The lowest BCUT2D eigenvalue weighted by Crippen LogP contribution is -2.47. The van der Waals surface area contributed by atoms with Crippen LogP contribution in [0.15, 0.2) is 46.5 Å². The first kappa shape index (κ1) is 27.7. The molecule has 2 N–H and O–H groups in total. The predicted molar refractivity (Wildman–Crippen MR) is 157 cm³/mol. The van der Waals surface area contributed by atoms with Gasteiger partial charge in [0.25, 0.3) is 0 Å². The van der Waals surface area contributed by atoms with E-state index in [1.54, 1.807) is 21.3 Å². The number of aromatic nitrogens is 2. The van der Waals surface area contributed by atoms with E-state index in [2.05, 4.69) is 10.1 Å². The molecule has 1 aliphatic heterocycles. The molecule has 2 aromatic carbocycles. The molecule has 2 aliphatic rings. The van der Waals surface area contributed by atoms with Crippen molar-refractivity contribution in [3.63, 3.8) is 0 Å². The van der Waals surface area contributed by atoms with Gasteiger partial charge in [-0.1, -0.05) is 18.2 Å². The zero-order chi connectivity index (χ0) is 29.7. The fraction of sp³-hybridized carbons (Fsp3) is 0.400. The van der Waals surface area contributed by atoms with Crippen LogP contribution in [0.4, 0.5) is 15.8 Å². The summed E-state index contributed by atoms with van der Waals surface area (Å²) in [6.45, 7) is 2.05. The predicted octanol–water partition coefficient (Wildman–Crippen LogP) is 4.84. The molecule has 6 rings (SSSR count). The monoisotopic (exact) mass is 577 g/mol. The van der Waals surface area contributed by atoms with Gasteiger partial charge >= 0.3 is 5.97 Å². The van der Waals surface area contributed by atoms with Crippen LogP contribution in [0, 0.1) is 10.7 Å². The van der Waals surface area contributed by atoms with E-state index in [9.17, 15) is 24.7 Å². The van der Waals surface area contributed by atoms with E-state index in [1.807, 2.05) is 24.1 Å². The van der Waals surface area contributed by atoms with E-state index in [0.717, 1.165) is 37.3 Å². The molecule has 0 amide bonds. The van der Waals surface area contributed by atoms with Gasteiger partial charge in [0.15, 0.2) is 17.3 Å². The maximum Gasteiger partial charge on any atom is 0.341 e. The van der Waals surface area contributed by atoms with Crippen molar-refractivity contribution in [2.45, 2.75) is 44.3 Å². The fourth-order valence-electron chi connectivity index (χ4n) is 6.27. The molecule has 42 heavy (non-hydrogen) atoms. The number of ether oxygens (including phenoxy) is 1. The van der Waals surface area contributed by atoms with Crippen LogP contribution >= 0.6 is 0 Å². The molecule has 11 nitrogen and oxygen atoms in total. The molecular formula is C30H32FN5O6. The molecule has 0 spiro atoms. The minimum Gasteiger partial charge on any atom is -0.493 e. The largest absolute Gasteiger partial charge is 0.493 e. The molecule has 4 aromatic rings. The highest BCUT2D eigenvalue weighted by molar-refractivity contribution is 5.97. The number of rotatable bonds is 9. The highest BCUT2D eigenvalue weighted by Crippen LogP contribution is 2.44. The van der Waals surface area contributed by atoms with E-state index < -0.39 is 17.2 Å². The summed E-state index contributed by atoms with van der Waals surface area (Å²) in [5.41, 5.74) is 0.297. The number of carboxylic acid groups (broad SMARTS) is 1. The average molecular weight is 578 g/mol. The van der Waals surface area contributed by atoms with Gasteiger partial charge < -0.3 is 29.0 Å². The van der Waals surface area contributed by atoms with Crippen molar-refractivity contribution in [2.24, 2.45) is 5.18 Å². The van der Waals surface area contributed by atoms with Gasteiger partial charge in [-0.3, -0.25) is 9.69 Å². The number of piperidine rings is 1. The minimum absolute atomic E-state index is 0.00600. The number of fused-ring (bicyclic) bond motifs is 2. The van der Waals surface area contributed by atoms with Crippen LogP contribution in [0.3, 0.4) is 0 Å². The van der Waals surface area contributed by atoms with Crippen LogP contribution in [-0.4, -0.2) is 70.1 Å². The molecule has 1 atom stereocenters. The summed E-state index contributed by atoms with van der Waals surface area (Å²) in [5, 5.41) is 23.9. The summed E-state index contributed by atoms with van der Waals surface area (Å²) in [4.78, 5) is 40.3. The van der Waals surface area contributed by atoms with Gasteiger partial charge in [0, 0.05) is 49.8 Å². The SMILES string of the molecule is COc1c(N2CCCC(N(C)CCn3c(O)c(N=O)c4ccccc43)C2)c(F)cc2c(=O)c(C(=O)O)cn(C3CC3)c12. The van der Waals surface area contributed by atoms with Gasteiger partial charge in [-0.05, 0) is 50.0 Å². The lowest BCUT2D eigenvalue weighted by atomic mass is 10.0. The maximum atomic E-state index is 15.8. The number of nitroso groups, excluding NO2 is 1. The summed E-state index contributed by atoms with van der Waals surface area (Å²) in [5.74, 6) is -1.92. The van der Waals surface area contributed by atoms with Crippen LogP contribution < -0.4 is 15.1 Å². The maximum absolute atomic E-state index is 15.8. The summed E-state index contributed by atoms with van der Waals surface area (Å²) in [7, 11) is 3.41. The molecule has 1 aliphatic carbocycles. The van der Waals surface area contributed by atoms with E-state index in [0.29, 0.717) is 37.1 Å². The number of carbonyl (C=O) groups is 1. The standard InChI is InChI=1S/C30H32FN5O6/c1-33(12-13-35-23-8-4-3-7-19(23)24(32-41)29(35)38)18-6-5-11-34(15-18)26-22(31)14-20-25(28(26)42-2)36(17-9-10-17)16-21(27(20)37)30(39)40/h3-4,7-8,14,16-18,38H,5-6,9-13,15H2,1-2H3,(H,39,40). The van der Waals surface area contributed by atoms with Crippen molar-refractivity contribution in [2.75, 3.05) is 38.7 Å². The molecule has 1 unspecified atom stereocenters. The second-order valence-electron chi connectivity index (χ2n) is 11.1. The van der Waals surface area contributed by atoms with Crippen molar-refractivity contribution in [3.8, 4) is 11.6 Å².